The van der Waals surface area contributed by atoms with Crippen molar-refractivity contribution in [2.45, 2.75) is 22.4 Å². The largest absolute Gasteiger partial charge is 0.471 e. The van der Waals surface area contributed by atoms with E-state index in [0.717, 1.165) is 4.90 Å². The van der Waals surface area contributed by atoms with Crippen molar-refractivity contribution in [3.05, 3.63) is 63.7 Å². The number of nitro benzene ring substituents is 1. The van der Waals surface area contributed by atoms with E-state index in [1.807, 2.05) is 0 Å². The Balaban J connectivity index is 2.01. The number of nitro groups is 1. The molecule has 3 N–H and O–H groups in total. The van der Waals surface area contributed by atoms with Gasteiger partial charge in [0.2, 0.25) is 0 Å². The van der Waals surface area contributed by atoms with E-state index in [1.165, 1.54) is 30.0 Å². The number of primary amides is 1. The van der Waals surface area contributed by atoms with Crippen molar-refractivity contribution in [2.24, 2.45) is 5.73 Å². The minimum atomic E-state index is -4.91. The normalized spacial score (nSPS) is 11.1. The van der Waals surface area contributed by atoms with E-state index in [1.54, 1.807) is 29.6 Å². The minimum Gasteiger partial charge on any atom is -0.365 e. The van der Waals surface area contributed by atoms with Crippen molar-refractivity contribution in [3.63, 3.8) is 0 Å². The Labute approximate surface area is 161 Å². The van der Waals surface area contributed by atoms with Crippen molar-refractivity contribution in [2.75, 3.05) is 6.54 Å². The number of hydrogen-bond donors (Lipinski definition) is 2. The lowest BCUT2D eigenvalue weighted by Gasteiger charge is -2.08. The molecule has 7 nitrogen and oxygen atoms in total. The Morgan fingerprint density at radius 1 is 1.11 bits per heavy atom. The average molecular weight is 413 g/mol. The molecule has 2 aromatic carbocycles. The Bertz CT molecular complexity index is 902. The van der Waals surface area contributed by atoms with Crippen LogP contribution >= 0.6 is 11.8 Å². The monoisotopic (exact) mass is 413 g/mol. The van der Waals surface area contributed by atoms with Crippen LogP contribution in [0.2, 0.25) is 0 Å². The molecule has 0 saturated carbocycles. The second-order valence-electron chi connectivity index (χ2n) is 5.55. The molecule has 0 bridgehead atoms. The lowest BCUT2D eigenvalue weighted by atomic mass is 10.1. The zero-order chi connectivity index (χ0) is 20.9. The smallest absolute Gasteiger partial charge is 0.365 e. The first-order valence-corrected chi connectivity index (χ1v) is 8.59. The summed E-state index contributed by atoms with van der Waals surface area (Å²) in [7, 11) is 0. The summed E-state index contributed by atoms with van der Waals surface area (Å²) < 4.78 is 36.3. The van der Waals surface area contributed by atoms with Gasteiger partial charge in [0.15, 0.2) is 0 Å². The molecule has 0 heterocycles. The van der Waals surface area contributed by atoms with Crippen molar-refractivity contribution in [3.8, 4) is 0 Å². The van der Waals surface area contributed by atoms with Crippen LogP contribution in [0.3, 0.4) is 0 Å². The summed E-state index contributed by atoms with van der Waals surface area (Å²) in [4.78, 5) is 33.7. The van der Waals surface area contributed by atoms with Crippen molar-refractivity contribution < 1.29 is 27.7 Å². The van der Waals surface area contributed by atoms with Gasteiger partial charge in [0.25, 0.3) is 11.6 Å². The van der Waals surface area contributed by atoms with E-state index in [2.05, 4.69) is 0 Å². The van der Waals surface area contributed by atoms with Gasteiger partial charge in [-0.25, -0.2) is 0 Å². The van der Waals surface area contributed by atoms with Gasteiger partial charge >= 0.3 is 12.1 Å². The lowest BCUT2D eigenvalue weighted by molar-refractivity contribution is -0.385. The number of nitrogens with one attached hydrogen (secondary N) is 1. The van der Waals surface area contributed by atoms with Gasteiger partial charge < -0.3 is 11.1 Å². The Hall–Kier alpha value is -3.08. The lowest BCUT2D eigenvalue weighted by Crippen LogP contribution is -2.37. The molecule has 0 radical (unpaired) electrons. The molecular formula is C17H14F3N3O4S. The molecule has 0 aromatic heterocycles. The highest BCUT2D eigenvalue weighted by Gasteiger charge is 2.38. The highest BCUT2D eigenvalue weighted by molar-refractivity contribution is 7.99. The van der Waals surface area contributed by atoms with E-state index in [0.29, 0.717) is 10.5 Å². The van der Waals surface area contributed by atoms with Crippen LogP contribution in [0.15, 0.2) is 52.3 Å². The number of carbonyl (C=O) groups is 2. The van der Waals surface area contributed by atoms with E-state index in [4.69, 9.17) is 5.73 Å². The van der Waals surface area contributed by atoms with Gasteiger partial charge in [-0.2, -0.15) is 13.2 Å². The number of alkyl halides is 3. The zero-order valence-electron chi connectivity index (χ0n) is 14.2. The number of nitrogens with zero attached hydrogens (tertiary/aromatic N) is 1. The molecule has 0 spiro atoms. The minimum absolute atomic E-state index is 0.158. The number of rotatable bonds is 7. The standard InChI is InChI=1S/C17H14F3N3O4S/c18-17(19,20)16(25)22-8-7-10-1-3-11(4-2-10)28-12-5-6-14(23(26)27)13(9-12)15(21)24/h1-6,9H,7-8H2,(H2,21,24)(H,22,25). The number of halogens is 3. The first kappa shape index (κ1) is 21.2. The third-order valence-electron chi connectivity index (χ3n) is 3.55. The highest BCUT2D eigenvalue weighted by Crippen LogP contribution is 2.31. The fourth-order valence-electron chi connectivity index (χ4n) is 2.22. The molecule has 0 unspecified atom stereocenters. The highest BCUT2D eigenvalue weighted by atomic mass is 32.2. The third-order valence-corrected chi connectivity index (χ3v) is 4.54. The van der Waals surface area contributed by atoms with Gasteiger partial charge in [-0.15, -0.1) is 0 Å². The molecule has 0 aliphatic heterocycles. The van der Waals surface area contributed by atoms with Crippen LogP contribution < -0.4 is 11.1 Å². The molecular weight excluding hydrogens is 399 g/mol. The molecule has 2 amide bonds. The van der Waals surface area contributed by atoms with Gasteiger partial charge in [0.1, 0.15) is 5.56 Å². The van der Waals surface area contributed by atoms with Crippen LogP contribution in [-0.4, -0.2) is 29.5 Å². The van der Waals surface area contributed by atoms with Gasteiger partial charge in [0, 0.05) is 22.4 Å². The maximum Gasteiger partial charge on any atom is 0.471 e. The Morgan fingerprint density at radius 3 is 2.25 bits per heavy atom. The van der Waals surface area contributed by atoms with E-state index >= 15 is 0 Å². The predicted molar refractivity (Wildman–Crippen MR) is 94.9 cm³/mol. The number of nitrogens with two attached hydrogens (primary N) is 1. The van der Waals surface area contributed by atoms with Gasteiger partial charge in [-0.1, -0.05) is 23.9 Å². The second kappa shape index (κ2) is 8.74. The van der Waals surface area contributed by atoms with Crippen LogP contribution in [0.5, 0.6) is 0 Å². The van der Waals surface area contributed by atoms with Crippen LogP contribution in [-0.2, 0) is 11.2 Å². The molecule has 0 saturated heterocycles. The van der Waals surface area contributed by atoms with Crippen molar-refractivity contribution in [1.82, 2.24) is 5.32 Å². The fraction of sp³-hybridized carbons (Fsp3) is 0.176. The molecule has 2 rings (SSSR count). The zero-order valence-corrected chi connectivity index (χ0v) is 15.0. The molecule has 2 aromatic rings. The molecule has 28 heavy (non-hydrogen) atoms. The first-order chi connectivity index (χ1) is 13.1. The summed E-state index contributed by atoms with van der Waals surface area (Å²) in [6.45, 7) is -0.158. The molecule has 11 heteroatoms. The van der Waals surface area contributed by atoms with Crippen LogP contribution in [0.25, 0.3) is 0 Å². The second-order valence-corrected chi connectivity index (χ2v) is 6.70. The summed E-state index contributed by atoms with van der Waals surface area (Å²) in [6.07, 6.45) is -4.69. The Morgan fingerprint density at radius 2 is 1.71 bits per heavy atom. The summed E-state index contributed by atoms with van der Waals surface area (Å²) in [5.74, 6) is -2.89. The first-order valence-electron chi connectivity index (χ1n) is 7.78. The van der Waals surface area contributed by atoms with Crippen molar-refractivity contribution in [1.29, 1.82) is 0 Å². The molecule has 0 fully saturated rings. The number of hydrogen-bond acceptors (Lipinski definition) is 5. The van der Waals surface area contributed by atoms with Gasteiger partial charge in [0.05, 0.1) is 4.92 Å². The van der Waals surface area contributed by atoms with Crippen LogP contribution in [0.1, 0.15) is 15.9 Å². The average Bonchev–Trinajstić information content (AvgIpc) is 2.62. The summed E-state index contributed by atoms with van der Waals surface area (Å²) in [5, 5.41) is 12.7. The molecule has 0 aliphatic rings. The maximum absolute atomic E-state index is 12.1. The number of benzene rings is 2. The SMILES string of the molecule is NC(=O)c1cc(Sc2ccc(CCNC(=O)C(F)(F)F)cc2)ccc1[N+](=O)[O-]. The van der Waals surface area contributed by atoms with Crippen LogP contribution in [0, 0.1) is 10.1 Å². The number of carbonyl (C=O) groups excluding carboxylic acids is 2. The maximum atomic E-state index is 12.1. The predicted octanol–water partition coefficient (Wildman–Crippen LogP) is 3.07. The van der Waals surface area contributed by atoms with Gasteiger partial charge in [-0.3, -0.25) is 19.7 Å². The summed E-state index contributed by atoms with van der Waals surface area (Å²) >= 11 is 1.23. The van der Waals surface area contributed by atoms with Crippen LogP contribution in [0.4, 0.5) is 18.9 Å². The van der Waals surface area contributed by atoms with E-state index < -0.39 is 22.9 Å². The van der Waals surface area contributed by atoms with Crippen molar-refractivity contribution >= 4 is 29.3 Å². The molecule has 0 aliphatic carbocycles. The summed E-state index contributed by atoms with van der Waals surface area (Å²) in [6, 6.07) is 10.8. The van der Waals surface area contributed by atoms with E-state index in [9.17, 15) is 32.9 Å². The number of amides is 2. The van der Waals surface area contributed by atoms with Gasteiger partial charge in [-0.05, 0) is 36.2 Å². The molecule has 148 valence electrons. The quantitative estimate of drug-likeness (QED) is 0.535. The topological polar surface area (TPSA) is 115 Å². The van der Waals surface area contributed by atoms with E-state index in [-0.39, 0.29) is 24.2 Å². The molecule has 0 atom stereocenters. The Kier molecular flexibility index (Phi) is 6.62. The fourth-order valence-corrected chi connectivity index (χ4v) is 3.07. The summed E-state index contributed by atoms with van der Waals surface area (Å²) in [5.41, 5.74) is 5.31. The third kappa shape index (κ3) is 5.71.